The molecule has 0 saturated carbocycles. The zero-order valence-corrected chi connectivity index (χ0v) is 21.8. The molecule has 178 valence electrons. The number of aromatic nitrogens is 2. The van der Waals surface area contributed by atoms with Crippen LogP contribution in [0.3, 0.4) is 0 Å². The van der Waals surface area contributed by atoms with Crippen LogP contribution in [-0.2, 0) is 27.1 Å². The summed E-state index contributed by atoms with van der Waals surface area (Å²) < 4.78 is 35.6. The van der Waals surface area contributed by atoms with Gasteiger partial charge in [-0.3, -0.25) is 0 Å². The van der Waals surface area contributed by atoms with E-state index in [9.17, 15) is 8.42 Å². The van der Waals surface area contributed by atoms with Crippen molar-refractivity contribution in [3.05, 3.63) is 48.0 Å². The topological polar surface area (TPSA) is 64.4 Å². The van der Waals surface area contributed by atoms with Gasteiger partial charge in [-0.05, 0) is 55.0 Å². The fourth-order valence-corrected chi connectivity index (χ4v) is 6.98. The van der Waals surface area contributed by atoms with E-state index in [0.717, 1.165) is 42.4 Å². The zero-order chi connectivity index (χ0) is 23.4. The predicted molar refractivity (Wildman–Crippen MR) is 137 cm³/mol. The minimum Gasteiger partial charge on any atom is -0.376 e. The Bertz CT molecular complexity index is 1180. The molecule has 0 amide bonds. The van der Waals surface area contributed by atoms with Crippen molar-refractivity contribution in [1.82, 2.24) is 13.9 Å². The molecule has 1 aliphatic rings. The summed E-state index contributed by atoms with van der Waals surface area (Å²) in [6, 6.07) is 13.9. The molecule has 1 saturated heterocycles. The molecule has 0 bridgehead atoms. The molecule has 2 heterocycles. The summed E-state index contributed by atoms with van der Waals surface area (Å²) >= 11 is 3.41. The minimum atomic E-state index is -3.53. The number of sulfonamides is 1. The van der Waals surface area contributed by atoms with E-state index in [1.54, 1.807) is 35.7 Å². The molecule has 0 radical (unpaired) electrons. The van der Waals surface area contributed by atoms with Crippen molar-refractivity contribution < 1.29 is 13.2 Å². The van der Waals surface area contributed by atoms with Crippen LogP contribution in [-0.4, -0.2) is 54.3 Å². The van der Waals surface area contributed by atoms with Crippen LogP contribution in [0.1, 0.15) is 32.3 Å². The van der Waals surface area contributed by atoms with Crippen molar-refractivity contribution in [2.45, 2.75) is 60.0 Å². The van der Waals surface area contributed by atoms with Gasteiger partial charge in [0.1, 0.15) is 0 Å². The highest BCUT2D eigenvalue weighted by Gasteiger charge is 2.24. The lowest BCUT2D eigenvalue weighted by molar-refractivity contribution is 0.0960. The van der Waals surface area contributed by atoms with Gasteiger partial charge < -0.3 is 9.30 Å². The van der Waals surface area contributed by atoms with Gasteiger partial charge in [0.25, 0.3) is 0 Å². The molecule has 0 aliphatic carbocycles. The molecule has 4 rings (SSSR count). The number of thioether (sulfide) groups is 2. The summed E-state index contributed by atoms with van der Waals surface area (Å²) in [7, 11) is -3.53. The third kappa shape index (κ3) is 5.43. The monoisotopic (exact) mass is 505 g/mol. The Balaban J connectivity index is 1.67. The van der Waals surface area contributed by atoms with Gasteiger partial charge in [-0.1, -0.05) is 37.7 Å². The molecule has 9 heteroatoms. The maximum absolute atomic E-state index is 13.0. The third-order valence-corrected chi connectivity index (χ3v) is 9.80. The standard InChI is InChI=1S/C24H31N3O3S3/c1-4-26(5-2)33(28,29)21-12-13-23-22(15-21)25-24(27(23)16-19-7-6-14-30-19)32-17-18-8-10-20(31-3)11-9-18/h8-13,15,19H,4-7,14,16-17H2,1-3H3/t19-/m1/s1. The van der Waals surface area contributed by atoms with Gasteiger partial charge in [-0.15, -0.1) is 11.8 Å². The van der Waals surface area contributed by atoms with Crippen LogP contribution in [0, 0.1) is 0 Å². The van der Waals surface area contributed by atoms with E-state index in [4.69, 9.17) is 9.72 Å². The van der Waals surface area contributed by atoms with Crippen molar-refractivity contribution in [3.8, 4) is 0 Å². The Labute approximate surface area is 205 Å². The van der Waals surface area contributed by atoms with Crippen molar-refractivity contribution >= 4 is 44.6 Å². The first-order valence-corrected chi connectivity index (χ1v) is 15.0. The number of fused-ring (bicyclic) bond motifs is 1. The molecule has 0 spiro atoms. The Kier molecular flexibility index (Phi) is 8.07. The number of ether oxygens (including phenoxy) is 1. The fourth-order valence-electron chi connectivity index (χ4n) is 4.11. The van der Waals surface area contributed by atoms with Gasteiger partial charge in [-0.2, -0.15) is 4.31 Å². The predicted octanol–water partition coefficient (Wildman–Crippen LogP) is 5.26. The van der Waals surface area contributed by atoms with Crippen LogP contribution in [0.4, 0.5) is 0 Å². The lowest BCUT2D eigenvalue weighted by Gasteiger charge is -2.18. The lowest BCUT2D eigenvalue weighted by Crippen LogP contribution is -2.30. The van der Waals surface area contributed by atoms with Crippen LogP contribution in [0.5, 0.6) is 0 Å². The smallest absolute Gasteiger partial charge is 0.243 e. The number of nitrogens with zero attached hydrogens (tertiary/aromatic N) is 3. The fraction of sp³-hybridized carbons (Fsp3) is 0.458. The summed E-state index contributed by atoms with van der Waals surface area (Å²) in [6.07, 6.45) is 4.36. The first kappa shape index (κ1) is 24.6. The van der Waals surface area contributed by atoms with Gasteiger partial charge in [0.2, 0.25) is 10.0 Å². The largest absolute Gasteiger partial charge is 0.376 e. The highest BCUT2D eigenvalue weighted by atomic mass is 32.2. The number of hydrogen-bond acceptors (Lipinski definition) is 6. The van der Waals surface area contributed by atoms with Crippen molar-refractivity contribution in [1.29, 1.82) is 0 Å². The second-order valence-corrected chi connectivity index (χ2v) is 11.8. The van der Waals surface area contributed by atoms with Crippen molar-refractivity contribution in [2.24, 2.45) is 0 Å². The molecule has 1 atom stereocenters. The van der Waals surface area contributed by atoms with Crippen LogP contribution in [0.25, 0.3) is 11.0 Å². The second-order valence-electron chi connectivity index (χ2n) is 8.02. The Hall–Kier alpha value is -1.52. The molecule has 33 heavy (non-hydrogen) atoms. The molecule has 1 aliphatic heterocycles. The van der Waals surface area contributed by atoms with Gasteiger partial charge in [0.05, 0.1) is 28.6 Å². The average Bonchev–Trinajstić information content (AvgIpc) is 3.46. The summed E-state index contributed by atoms with van der Waals surface area (Å²) in [4.78, 5) is 6.41. The molecule has 1 fully saturated rings. The first-order chi connectivity index (χ1) is 16.0. The average molecular weight is 506 g/mol. The summed E-state index contributed by atoms with van der Waals surface area (Å²) in [5.74, 6) is 0.800. The van der Waals surface area contributed by atoms with Gasteiger partial charge in [0, 0.05) is 30.3 Å². The second kappa shape index (κ2) is 10.8. The van der Waals surface area contributed by atoms with Crippen molar-refractivity contribution in [3.63, 3.8) is 0 Å². The van der Waals surface area contributed by atoms with E-state index in [0.29, 0.717) is 23.5 Å². The molecular weight excluding hydrogens is 474 g/mol. The Morgan fingerprint density at radius 2 is 1.91 bits per heavy atom. The highest BCUT2D eigenvalue weighted by molar-refractivity contribution is 7.98. The normalized spacial score (nSPS) is 16.8. The maximum atomic E-state index is 13.0. The number of imidazole rings is 1. The zero-order valence-electron chi connectivity index (χ0n) is 19.4. The molecule has 1 aromatic heterocycles. The number of hydrogen-bond donors (Lipinski definition) is 0. The van der Waals surface area contributed by atoms with Crippen LogP contribution in [0.2, 0.25) is 0 Å². The van der Waals surface area contributed by atoms with Crippen molar-refractivity contribution in [2.75, 3.05) is 26.0 Å². The number of benzene rings is 2. The highest BCUT2D eigenvalue weighted by Crippen LogP contribution is 2.31. The van der Waals surface area contributed by atoms with E-state index in [2.05, 4.69) is 35.1 Å². The summed E-state index contributed by atoms with van der Waals surface area (Å²) in [5, 5.41) is 0.895. The molecular formula is C24H31N3O3S3. The third-order valence-electron chi connectivity index (χ3n) is 5.97. The van der Waals surface area contributed by atoms with E-state index < -0.39 is 10.0 Å². The molecule has 2 aromatic carbocycles. The van der Waals surface area contributed by atoms with E-state index in [1.807, 2.05) is 19.9 Å². The summed E-state index contributed by atoms with van der Waals surface area (Å²) in [6.45, 7) is 6.13. The van der Waals surface area contributed by atoms with Gasteiger partial charge in [-0.25, -0.2) is 13.4 Å². The molecule has 6 nitrogen and oxygen atoms in total. The van der Waals surface area contributed by atoms with E-state index in [1.165, 1.54) is 14.8 Å². The van der Waals surface area contributed by atoms with E-state index in [-0.39, 0.29) is 6.10 Å². The Morgan fingerprint density at radius 1 is 1.15 bits per heavy atom. The molecule has 0 unspecified atom stereocenters. The van der Waals surface area contributed by atoms with E-state index >= 15 is 0 Å². The minimum absolute atomic E-state index is 0.168. The maximum Gasteiger partial charge on any atom is 0.243 e. The Morgan fingerprint density at radius 3 is 2.55 bits per heavy atom. The molecule has 0 N–H and O–H groups in total. The first-order valence-electron chi connectivity index (χ1n) is 11.3. The van der Waals surface area contributed by atoms with Gasteiger partial charge in [0.15, 0.2) is 5.16 Å². The SMILES string of the molecule is CCN(CC)S(=O)(=O)c1ccc2c(c1)nc(SCc1ccc(SC)cc1)n2C[C@H]1CCCO1. The van der Waals surface area contributed by atoms with Crippen LogP contribution in [0.15, 0.2) is 57.4 Å². The van der Waals surface area contributed by atoms with Crippen LogP contribution < -0.4 is 0 Å². The summed E-state index contributed by atoms with van der Waals surface area (Å²) in [5.41, 5.74) is 2.89. The van der Waals surface area contributed by atoms with Crippen LogP contribution >= 0.6 is 23.5 Å². The van der Waals surface area contributed by atoms with Gasteiger partial charge >= 0.3 is 0 Å². The quantitative estimate of drug-likeness (QED) is 0.350. The number of rotatable bonds is 10. The molecule has 3 aromatic rings. The lowest BCUT2D eigenvalue weighted by atomic mass is 10.2.